The Labute approximate surface area is 153 Å². The van der Waals surface area contributed by atoms with Gasteiger partial charge < -0.3 is 10.6 Å². The highest BCUT2D eigenvalue weighted by Gasteiger charge is 2.26. The maximum atomic E-state index is 12.9. The molecule has 2 aromatic carbocycles. The normalized spacial score (nSPS) is 17.4. The van der Waals surface area contributed by atoms with Gasteiger partial charge in [-0.2, -0.15) is 0 Å². The topological polar surface area (TPSA) is 59.2 Å². The van der Waals surface area contributed by atoms with E-state index >= 15 is 0 Å². The zero-order chi connectivity index (χ0) is 17.9. The lowest BCUT2D eigenvalue weighted by Crippen LogP contribution is -2.47. The Morgan fingerprint density at radius 3 is 2.69 bits per heavy atom. The van der Waals surface area contributed by atoms with E-state index in [0.717, 1.165) is 47.8 Å². The van der Waals surface area contributed by atoms with Gasteiger partial charge >= 0.3 is 0 Å². The molecule has 1 fully saturated rings. The lowest BCUT2D eigenvalue weighted by Gasteiger charge is -2.35. The maximum absolute atomic E-state index is 12.9. The fourth-order valence-electron chi connectivity index (χ4n) is 3.80. The molecule has 0 radical (unpaired) electrons. The lowest BCUT2D eigenvalue weighted by atomic mass is 9.99. The highest BCUT2D eigenvalue weighted by molar-refractivity contribution is 5.97. The minimum Gasteiger partial charge on any atom is -0.334 e. The van der Waals surface area contributed by atoms with Crippen molar-refractivity contribution in [1.29, 1.82) is 0 Å². The molecule has 1 unspecified atom stereocenters. The fourth-order valence-corrected chi connectivity index (χ4v) is 3.80. The van der Waals surface area contributed by atoms with Gasteiger partial charge in [0.25, 0.3) is 5.91 Å². The molecule has 1 atom stereocenters. The number of rotatable bonds is 3. The summed E-state index contributed by atoms with van der Waals surface area (Å²) in [6.07, 6.45) is 5.04. The molecule has 4 heteroatoms. The van der Waals surface area contributed by atoms with Crippen LogP contribution >= 0.6 is 0 Å². The predicted molar refractivity (Wildman–Crippen MR) is 105 cm³/mol. The number of hydrogen-bond donors (Lipinski definition) is 1. The third-order valence-corrected chi connectivity index (χ3v) is 5.24. The monoisotopic (exact) mass is 345 g/mol. The number of aromatic nitrogens is 1. The van der Waals surface area contributed by atoms with Gasteiger partial charge in [0.15, 0.2) is 0 Å². The van der Waals surface area contributed by atoms with E-state index in [-0.39, 0.29) is 11.9 Å². The Morgan fingerprint density at radius 1 is 1.08 bits per heavy atom. The van der Waals surface area contributed by atoms with E-state index in [4.69, 9.17) is 5.73 Å². The van der Waals surface area contributed by atoms with Crippen LogP contribution in [-0.4, -0.2) is 34.9 Å². The average Bonchev–Trinajstić information content (AvgIpc) is 2.73. The minimum absolute atomic E-state index is 0.0811. The second-order valence-electron chi connectivity index (χ2n) is 6.84. The summed E-state index contributed by atoms with van der Waals surface area (Å²) in [6, 6.07) is 18.2. The van der Waals surface area contributed by atoms with E-state index in [9.17, 15) is 4.79 Å². The first-order valence-electron chi connectivity index (χ1n) is 9.23. The first-order chi connectivity index (χ1) is 12.8. The summed E-state index contributed by atoms with van der Waals surface area (Å²) in [5.74, 6) is 0.0811. The number of amides is 1. The highest BCUT2D eigenvalue weighted by Crippen LogP contribution is 2.27. The van der Waals surface area contributed by atoms with E-state index in [1.807, 2.05) is 53.6 Å². The molecule has 2 heterocycles. The molecule has 4 rings (SSSR count). The van der Waals surface area contributed by atoms with Crippen molar-refractivity contribution in [2.75, 3.05) is 13.1 Å². The number of pyridine rings is 1. The van der Waals surface area contributed by atoms with Gasteiger partial charge in [-0.05, 0) is 42.8 Å². The van der Waals surface area contributed by atoms with Gasteiger partial charge in [0, 0.05) is 41.8 Å². The van der Waals surface area contributed by atoms with Crippen molar-refractivity contribution < 1.29 is 4.79 Å². The third-order valence-electron chi connectivity index (χ3n) is 5.24. The number of hydrogen-bond acceptors (Lipinski definition) is 3. The minimum atomic E-state index is 0.0811. The number of nitrogens with two attached hydrogens (primary N) is 1. The molecule has 4 nitrogen and oxygen atoms in total. The Hall–Kier alpha value is -2.72. The van der Waals surface area contributed by atoms with Crippen LogP contribution in [0.1, 0.15) is 29.6 Å². The van der Waals surface area contributed by atoms with E-state index in [2.05, 4.69) is 17.1 Å². The first kappa shape index (κ1) is 16.7. The van der Waals surface area contributed by atoms with Crippen LogP contribution in [0.15, 0.2) is 60.8 Å². The zero-order valence-electron chi connectivity index (χ0n) is 14.8. The van der Waals surface area contributed by atoms with Crippen LogP contribution in [0.2, 0.25) is 0 Å². The molecule has 1 aliphatic heterocycles. The van der Waals surface area contributed by atoms with Gasteiger partial charge in [0.1, 0.15) is 0 Å². The first-order valence-corrected chi connectivity index (χ1v) is 9.23. The van der Waals surface area contributed by atoms with E-state index in [0.29, 0.717) is 12.1 Å². The highest BCUT2D eigenvalue weighted by atomic mass is 16.2. The Kier molecular flexibility index (Phi) is 4.67. The quantitative estimate of drug-likeness (QED) is 0.784. The Morgan fingerprint density at radius 2 is 1.88 bits per heavy atom. The number of nitrogens with zero attached hydrogens (tertiary/aromatic N) is 2. The van der Waals surface area contributed by atoms with Crippen LogP contribution in [0.3, 0.4) is 0 Å². The molecule has 26 heavy (non-hydrogen) atoms. The van der Waals surface area contributed by atoms with Crippen LogP contribution in [0.5, 0.6) is 0 Å². The van der Waals surface area contributed by atoms with Crippen molar-refractivity contribution in [3.63, 3.8) is 0 Å². The second-order valence-corrected chi connectivity index (χ2v) is 6.84. The molecule has 1 aliphatic rings. The molecule has 3 aromatic rings. The average molecular weight is 345 g/mol. The molecular formula is C22H23N3O. The van der Waals surface area contributed by atoms with Crippen molar-refractivity contribution in [3.05, 3.63) is 66.4 Å². The van der Waals surface area contributed by atoms with Crippen molar-refractivity contribution in [2.45, 2.75) is 25.3 Å². The molecule has 1 amide bonds. The molecular weight excluding hydrogens is 322 g/mol. The van der Waals surface area contributed by atoms with Gasteiger partial charge in [-0.3, -0.25) is 9.78 Å². The Balaban J connectivity index is 1.63. The largest absolute Gasteiger partial charge is 0.334 e. The number of benzene rings is 2. The molecule has 1 aromatic heterocycles. The predicted octanol–water partition coefficient (Wildman–Crippen LogP) is 3.86. The summed E-state index contributed by atoms with van der Waals surface area (Å²) in [6.45, 7) is 1.33. The molecule has 1 saturated heterocycles. The van der Waals surface area contributed by atoms with E-state index < -0.39 is 0 Å². The summed E-state index contributed by atoms with van der Waals surface area (Å²) in [7, 11) is 0. The standard InChI is InChI=1S/C22H23N3O/c23-15-19-6-3-4-14-25(19)22(26)18-10-8-17(9-11-18)21-20-7-2-1-5-16(20)12-13-24-21/h1-2,5,7-13,19H,3-4,6,14-15,23H2. The number of piperidine rings is 1. The number of carbonyl (C=O) groups excluding carboxylic acids is 1. The van der Waals surface area contributed by atoms with Gasteiger partial charge in [-0.15, -0.1) is 0 Å². The van der Waals surface area contributed by atoms with Crippen molar-refractivity contribution in [2.24, 2.45) is 5.73 Å². The van der Waals surface area contributed by atoms with Crippen LogP contribution in [0.25, 0.3) is 22.0 Å². The second kappa shape index (κ2) is 7.26. The molecule has 0 aliphatic carbocycles. The molecule has 2 N–H and O–H groups in total. The molecule has 132 valence electrons. The molecule has 0 bridgehead atoms. The smallest absolute Gasteiger partial charge is 0.254 e. The molecule has 0 spiro atoms. The summed E-state index contributed by atoms with van der Waals surface area (Å²) < 4.78 is 0. The molecule has 0 saturated carbocycles. The summed E-state index contributed by atoms with van der Waals surface area (Å²) >= 11 is 0. The SMILES string of the molecule is NCC1CCCCN1C(=O)c1ccc(-c2nccc3ccccc23)cc1. The van der Waals surface area contributed by atoms with E-state index in [1.54, 1.807) is 0 Å². The number of carbonyl (C=O) groups is 1. The number of likely N-dealkylation sites (tertiary alicyclic amines) is 1. The fraction of sp³-hybridized carbons (Fsp3) is 0.273. The van der Waals surface area contributed by atoms with Crippen LogP contribution in [0.4, 0.5) is 0 Å². The van der Waals surface area contributed by atoms with E-state index in [1.165, 1.54) is 0 Å². The maximum Gasteiger partial charge on any atom is 0.254 e. The van der Waals surface area contributed by atoms with Crippen LogP contribution in [-0.2, 0) is 0 Å². The van der Waals surface area contributed by atoms with Crippen molar-refractivity contribution in [1.82, 2.24) is 9.88 Å². The van der Waals surface area contributed by atoms with Crippen molar-refractivity contribution in [3.8, 4) is 11.3 Å². The summed E-state index contributed by atoms with van der Waals surface area (Å²) in [5.41, 5.74) is 8.54. The van der Waals surface area contributed by atoms with Gasteiger partial charge in [-0.25, -0.2) is 0 Å². The summed E-state index contributed by atoms with van der Waals surface area (Å²) in [5, 5.41) is 2.28. The Bertz CT molecular complexity index is 915. The van der Waals surface area contributed by atoms with Gasteiger partial charge in [-0.1, -0.05) is 36.4 Å². The third kappa shape index (κ3) is 3.08. The lowest BCUT2D eigenvalue weighted by molar-refractivity contribution is 0.0623. The van der Waals surface area contributed by atoms with Crippen LogP contribution < -0.4 is 5.73 Å². The summed E-state index contributed by atoms with van der Waals surface area (Å²) in [4.78, 5) is 19.4. The van der Waals surface area contributed by atoms with Crippen LogP contribution in [0, 0.1) is 0 Å². The van der Waals surface area contributed by atoms with Gasteiger partial charge in [0.2, 0.25) is 0 Å². The van der Waals surface area contributed by atoms with Gasteiger partial charge in [0.05, 0.1) is 5.69 Å². The van der Waals surface area contributed by atoms with Crippen molar-refractivity contribution >= 4 is 16.7 Å². The zero-order valence-corrected chi connectivity index (χ0v) is 14.8. The number of fused-ring (bicyclic) bond motifs is 1.